The maximum absolute atomic E-state index is 12.8. The van der Waals surface area contributed by atoms with E-state index in [-0.39, 0.29) is 20.4 Å². The van der Waals surface area contributed by atoms with Crippen molar-refractivity contribution in [3.8, 4) is 0 Å². The van der Waals surface area contributed by atoms with Gasteiger partial charge >= 0.3 is 0 Å². The highest BCUT2D eigenvalue weighted by Crippen LogP contribution is 2.26. The molecule has 0 aliphatic carbocycles. The van der Waals surface area contributed by atoms with Crippen LogP contribution in [-0.2, 0) is 20.0 Å². The first-order chi connectivity index (χ1) is 17.1. The van der Waals surface area contributed by atoms with Crippen LogP contribution in [0.4, 0.5) is 17.1 Å². The Hall–Kier alpha value is -3.86. The summed E-state index contributed by atoms with van der Waals surface area (Å²) in [6, 6.07) is 26.2. The van der Waals surface area contributed by atoms with E-state index in [2.05, 4.69) is 14.8 Å². The molecule has 3 N–H and O–H groups in total. The van der Waals surface area contributed by atoms with Crippen LogP contribution in [0.5, 0.6) is 0 Å². The molecule has 0 saturated heterocycles. The molecule has 0 saturated carbocycles. The van der Waals surface area contributed by atoms with E-state index in [4.69, 9.17) is 11.6 Å². The van der Waals surface area contributed by atoms with Crippen LogP contribution in [0.2, 0.25) is 5.02 Å². The molecule has 1 amide bonds. The van der Waals surface area contributed by atoms with Gasteiger partial charge in [-0.25, -0.2) is 16.8 Å². The van der Waals surface area contributed by atoms with Crippen LogP contribution in [0.15, 0.2) is 113 Å². The average molecular weight is 542 g/mol. The van der Waals surface area contributed by atoms with Crippen molar-refractivity contribution >= 4 is 54.6 Å². The van der Waals surface area contributed by atoms with E-state index in [9.17, 15) is 21.6 Å². The number of carbonyl (C=O) groups excluding carboxylic acids is 1. The number of anilines is 3. The number of amides is 1. The summed E-state index contributed by atoms with van der Waals surface area (Å²) in [5.74, 6) is -0.596. The third kappa shape index (κ3) is 6.03. The number of benzene rings is 4. The summed E-state index contributed by atoms with van der Waals surface area (Å²) in [4.78, 5) is 12.5. The quantitative estimate of drug-likeness (QED) is 0.283. The Morgan fingerprint density at radius 3 is 1.69 bits per heavy atom. The van der Waals surface area contributed by atoms with Crippen molar-refractivity contribution in [3.63, 3.8) is 0 Å². The van der Waals surface area contributed by atoms with Gasteiger partial charge in [-0.2, -0.15) is 0 Å². The standard InChI is InChI=1S/C25H20ClN3O5S2/c26-23-16-11-18(17-24(23)36(33,34)29-21-9-5-2-6-10-21)25(30)27-19-12-14-22(15-13-19)35(31,32)28-20-7-3-1-4-8-20/h1-17,28-29H,(H,27,30). The summed E-state index contributed by atoms with van der Waals surface area (Å²) in [7, 11) is -7.87. The molecule has 0 aliphatic heterocycles. The van der Waals surface area contributed by atoms with Gasteiger partial charge in [0.1, 0.15) is 4.90 Å². The zero-order valence-electron chi connectivity index (χ0n) is 18.6. The number of hydrogen-bond acceptors (Lipinski definition) is 5. The van der Waals surface area contributed by atoms with Crippen LogP contribution in [0, 0.1) is 0 Å². The highest BCUT2D eigenvalue weighted by molar-refractivity contribution is 7.93. The van der Waals surface area contributed by atoms with Crippen LogP contribution in [-0.4, -0.2) is 22.7 Å². The van der Waals surface area contributed by atoms with Crippen molar-refractivity contribution in [3.05, 3.63) is 114 Å². The molecule has 8 nitrogen and oxygen atoms in total. The van der Waals surface area contributed by atoms with Crippen molar-refractivity contribution in [2.45, 2.75) is 9.79 Å². The third-order valence-corrected chi connectivity index (χ3v) is 8.22. The molecule has 184 valence electrons. The predicted molar refractivity (Wildman–Crippen MR) is 140 cm³/mol. The van der Waals surface area contributed by atoms with E-state index in [1.54, 1.807) is 60.7 Å². The van der Waals surface area contributed by atoms with Crippen LogP contribution in [0.1, 0.15) is 10.4 Å². The number of sulfonamides is 2. The summed E-state index contributed by atoms with van der Waals surface area (Å²) in [6.45, 7) is 0. The highest BCUT2D eigenvalue weighted by atomic mass is 35.5. The molecule has 0 radical (unpaired) electrons. The van der Waals surface area contributed by atoms with E-state index in [0.717, 1.165) is 0 Å². The lowest BCUT2D eigenvalue weighted by molar-refractivity contribution is 0.102. The fourth-order valence-electron chi connectivity index (χ4n) is 3.21. The minimum Gasteiger partial charge on any atom is -0.322 e. The lowest BCUT2D eigenvalue weighted by Crippen LogP contribution is -2.16. The first kappa shape index (κ1) is 25.2. The van der Waals surface area contributed by atoms with Crippen LogP contribution < -0.4 is 14.8 Å². The minimum absolute atomic E-state index is 0.0104. The molecule has 0 bridgehead atoms. The normalized spacial score (nSPS) is 11.5. The van der Waals surface area contributed by atoms with E-state index in [1.165, 1.54) is 42.5 Å². The second-order valence-corrected chi connectivity index (χ2v) is 11.3. The van der Waals surface area contributed by atoms with Gasteiger partial charge in [0.2, 0.25) is 0 Å². The summed E-state index contributed by atoms with van der Waals surface area (Å²) in [5.41, 5.74) is 1.14. The molecule has 0 spiro atoms. The molecule has 36 heavy (non-hydrogen) atoms. The Balaban J connectivity index is 1.50. The van der Waals surface area contributed by atoms with Crippen molar-refractivity contribution in [1.29, 1.82) is 0 Å². The van der Waals surface area contributed by atoms with Gasteiger partial charge in [-0.1, -0.05) is 48.0 Å². The van der Waals surface area contributed by atoms with Gasteiger partial charge in [-0.3, -0.25) is 14.2 Å². The lowest BCUT2D eigenvalue weighted by Gasteiger charge is -2.12. The molecule has 0 atom stereocenters. The fourth-order valence-corrected chi connectivity index (χ4v) is 5.85. The second kappa shape index (κ2) is 10.4. The summed E-state index contributed by atoms with van der Waals surface area (Å²) in [6.07, 6.45) is 0. The van der Waals surface area contributed by atoms with Gasteiger partial charge < -0.3 is 5.32 Å². The number of para-hydroxylation sites is 2. The fraction of sp³-hybridized carbons (Fsp3) is 0. The maximum atomic E-state index is 12.8. The molecule has 4 aromatic carbocycles. The minimum atomic E-state index is -4.06. The first-order valence-corrected chi connectivity index (χ1v) is 13.9. The van der Waals surface area contributed by atoms with Gasteiger partial charge in [0.25, 0.3) is 26.0 Å². The molecule has 0 heterocycles. The lowest BCUT2D eigenvalue weighted by atomic mass is 10.2. The highest BCUT2D eigenvalue weighted by Gasteiger charge is 2.21. The topological polar surface area (TPSA) is 121 Å². The molecule has 0 aromatic heterocycles. The molecule has 4 aromatic rings. The van der Waals surface area contributed by atoms with Crippen molar-refractivity contribution in [2.75, 3.05) is 14.8 Å². The molecule has 4 rings (SSSR count). The molecular weight excluding hydrogens is 522 g/mol. The van der Waals surface area contributed by atoms with Crippen molar-refractivity contribution in [2.24, 2.45) is 0 Å². The van der Waals surface area contributed by atoms with E-state index in [1.807, 2.05) is 0 Å². The van der Waals surface area contributed by atoms with E-state index in [0.29, 0.717) is 17.1 Å². The van der Waals surface area contributed by atoms with E-state index < -0.39 is 26.0 Å². The molecule has 0 aliphatic rings. The van der Waals surface area contributed by atoms with Gasteiger partial charge in [-0.05, 0) is 66.7 Å². The van der Waals surface area contributed by atoms with Crippen molar-refractivity contribution < 1.29 is 21.6 Å². The number of halogens is 1. The van der Waals surface area contributed by atoms with Gasteiger partial charge in [0.05, 0.1) is 9.92 Å². The number of rotatable bonds is 8. The molecular formula is C25H20ClN3O5S2. The Kier molecular flexibility index (Phi) is 7.30. The largest absolute Gasteiger partial charge is 0.322 e. The second-order valence-electron chi connectivity index (χ2n) is 7.57. The summed E-state index contributed by atoms with van der Waals surface area (Å²) < 4.78 is 55.7. The maximum Gasteiger partial charge on any atom is 0.263 e. The Bertz CT molecular complexity index is 1600. The van der Waals surface area contributed by atoms with Gasteiger partial charge in [-0.15, -0.1) is 0 Å². The third-order valence-electron chi connectivity index (χ3n) is 4.96. The molecule has 11 heteroatoms. The zero-order valence-corrected chi connectivity index (χ0v) is 20.9. The van der Waals surface area contributed by atoms with Crippen LogP contribution in [0.3, 0.4) is 0 Å². The van der Waals surface area contributed by atoms with Crippen LogP contribution in [0.25, 0.3) is 0 Å². The van der Waals surface area contributed by atoms with Gasteiger partial charge in [0.15, 0.2) is 0 Å². The first-order valence-electron chi connectivity index (χ1n) is 10.5. The SMILES string of the molecule is O=C(Nc1ccc(S(=O)(=O)Nc2ccccc2)cc1)c1ccc(Cl)c(S(=O)(=O)Nc2ccccc2)c1. The smallest absolute Gasteiger partial charge is 0.263 e. The number of carbonyl (C=O) groups is 1. The molecule has 0 unspecified atom stereocenters. The zero-order chi connectivity index (χ0) is 25.8. The Labute approximate surface area is 214 Å². The summed E-state index contributed by atoms with van der Waals surface area (Å²) >= 11 is 6.12. The Morgan fingerprint density at radius 1 is 0.611 bits per heavy atom. The van der Waals surface area contributed by atoms with E-state index >= 15 is 0 Å². The van der Waals surface area contributed by atoms with Gasteiger partial charge in [0, 0.05) is 22.6 Å². The molecule has 0 fully saturated rings. The number of hydrogen-bond donors (Lipinski definition) is 3. The van der Waals surface area contributed by atoms with Crippen molar-refractivity contribution in [1.82, 2.24) is 0 Å². The summed E-state index contributed by atoms with van der Waals surface area (Å²) in [5, 5.41) is 2.58. The average Bonchev–Trinajstić information content (AvgIpc) is 2.85. The Morgan fingerprint density at radius 2 is 1.14 bits per heavy atom. The predicted octanol–water partition coefficient (Wildman–Crippen LogP) is 5.19. The number of nitrogens with one attached hydrogen (secondary N) is 3. The monoisotopic (exact) mass is 541 g/mol. The van der Waals surface area contributed by atoms with Crippen LogP contribution >= 0.6 is 11.6 Å².